The highest BCUT2D eigenvalue weighted by atomic mass is 16.5. The second-order valence-electron chi connectivity index (χ2n) is 5.72. The van der Waals surface area contributed by atoms with Crippen molar-refractivity contribution in [3.05, 3.63) is 34.6 Å². The molecule has 0 saturated carbocycles. The summed E-state index contributed by atoms with van der Waals surface area (Å²) in [6.07, 6.45) is 1.73. The Morgan fingerprint density at radius 1 is 1.39 bits per heavy atom. The molecule has 0 unspecified atom stereocenters. The Morgan fingerprint density at radius 3 is 3.04 bits per heavy atom. The molecule has 23 heavy (non-hydrogen) atoms. The first-order chi connectivity index (χ1) is 11.2. The summed E-state index contributed by atoms with van der Waals surface area (Å²) in [4.78, 5) is 26.4. The van der Waals surface area contributed by atoms with Crippen LogP contribution in [0, 0.1) is 5.92 Å². The Hall–Kier alpha value is -2.28. The monoisotopic (exact) mass is 316 g/mol. The number of carbonyl (C=O) groups excluding carboxylic acids is 1. The summed E-state index contributed by atoms with van der Waals surface area (Å²) in [6.45, 7) is 3.96. The second kappa shape index (κ2) is 6.87. The molecule has 1 aromatic heterocycles. The van der Waals surface area contributed by atoms with E-state index in [1.54, 1.807) is 12.1 Å². The molecule has 122 valence electrons. The molecule has 0 radical (unpaired) electrons. The number of hydrogen-bond acceptors (Lipinski definition) is 6. The molecule has 1 aromatic carbocycles. The van der Waals surface area contributed by atoms with Crippen molar-refractivity contribution in [3.8, 4) is 0 Å². The van der Waals surface area contributed by atoms with Crippen molar-refractivity contribution in [2.75, 3.05) is 19.7 Å². The van der Waals surface area contributed by atoms with Gasteiger partial charge in [0, 0.05) is 6.54 Å². The SMILES string of the molecule is CCOC(=O)[C@@H]1CCCN(Cn2nnc3ccccc3c2=O)C1. The number of aromatic nitrogens is 3. The van der Waals surface area contributed by atoms with Gasteiger partial charge in [-0.3, -0.25) is 14.5 Å². The number of likely N-dealkylation sites (tertiary alicyclic amines) is 1. The van der Waals surface area contributed by atoms with Crippen molar-refractivity contribution in [2.45, 2.75) is 26.4 Å². The van der Waals surface area contributed by atoms with Crippen LogP contribution in [0.2, 0.25) is 0 Å². The van der Waals surface area contributed by atoms with Crippen LogP contribution >= 0.6 is 0 Å². The highest BCUT2D eigenvalue weighted by Gasteiger charge is 2.27. The van der Waals surface area contributed by atoms with E-state index in [9.17, 15) is 9.59 Å². The summed E-state index contributed by atoms with van der Waals surface area (Å²) in [7, 11) is 0. The molecule has 3 rings (SSSR count). The van der Waals surface area contributed by atoms with Crippen LogP contribution in [0.1, 0.15) is 19.8 Å². The summed E-state index contributed by atoms with van der Waals surface area (Å²) in [5, 5.41) is 8.65. The quantitative estimate of drug-likeness (QED) is 0.784. The third-order valence-electron chi connectivity index (χ3n) is 4.09. The van der Waals surface area contributed by atoms with Gasteiger partial charge >= 0.3 is 5.97 Å². The van der Waals surface area contributed by atoms with Crippen molar-refractivity contribution < 1.29 is 9.53 Å². The van der Waals surface area contributed by atoms with Crippen LogP contribution < -0.4 is 5.56 Å². The Kier molecular flexibility index (Phi) is 4.66. The summed E-state index contributed by atoms with van der Waals surface area (Å²) in [5.41, 5.74) is 0.436. The van der Waals surface area contributed by atoms with Gasteiger partial charge in [0.2, 0.25) is 0 Å². The summed E-state index contributed by atoms with van der Waals surface area (Å²) in [5.74, 6) is -0.290. The van der Waals surface area contributed by atoms with Crippen LogP contribution in [0.15, 0.2) is 29.1 Å². The topological polar surface area (TPSA) is 77.3 Å². The molecule has 0 amide bonds. The van der Waals surface area contributed by atoms with E-state index in [4.69, 9.17) is 4.74 Å². The highest BCUT2D eigenvalue weighted by Crippen LogP contribution is 2.18. The minimum absolute atomic E-state index is 0.132. The van der Waals surface area contributed by atoms with E-state index >= 15 is 0 Å². The lowest BCUT2D eigenvalue weighted by atomic mass is 9.99. The van der Waals surface area contributed by atoms with Gasteiger partial charge in [0.05, 0.1) is 24.6 Å². The molecule has 7 nitrogen and oxygen atoms in total. The Labute approximate surface area is 133 Å². The average Bonchev–Trinajstić information content (AvgIpc) is 2.58. The molecule has 1 fully saturated rings. The average molecular weight is 316 g/mol. The van der Waals surface area contributed by atoms with E-state index in [-0.39, 0.29) is 17.4 Å². The number of fused-ring (bicyclic) bond motifs is 1. The number of hydrogen-bond donors (Lipinski definition) is 0. The first-order valence-electron chi connectivity index (χ1n) is 7.90. The molecule has 1 aliphatic rings. The Morgan fingerprint density at radius 2 is 2.22 bits per heavy atom. The van der Waals surface area contributed by atoms with Crippen LogP contribution in [0.3, 0.4) is 0 Å². The smallest absolute Gasteiger partial charge is 0.310 e. The van der Waals surface area contributed by atoms with E-state index in [1.807, 2.05) is 19.1 Å². The largest absolute Gasteiger partial charge is 0.466 e. The van der Waals surface area contributed by atoms with Gasteiger partial charge in [-0.05, 0) is 38.4 Å². The molecular weight excluding hydrogens is 296 g/mol. The maximum Gasteiger partial charge on any atom is 0.310 e. The molecule has 1 aliphatic heterocycles. The van der Waals surface area contributed by atoms with Crippen LogP contribution in [0.25, 0.3) is 10.9 Å². The molecule has 0 N–H and O–H groups in total. The van der Waals surface area contributed by atoms with E-state index in [0.29, 0.717) is 30.7 Å². The molecule has 1 atom stereocenters. The number of carbonyl (C=O) groups is 1. The van der Waals surface area contributed by atoms with E-state index in [0.717, 1.165) is 19.4 Å². The molecule has 0 bridgehead atoms. The summed E-state index contributed by atoms with van der Waals surface area (Å²) < 4.78 is 6.46. The van der Waals surface area contributed by atoms with Gasteiger partial charge in [0.25, 0.3) is 5.56 Å². The molecule has 0 aliphatic carbocycles. The maximum absolute atomic E-state index is 12.5. The van der Waals surface area contributed by atoms with Gasteiger partial charge in [-0.2, -0.15) is 4.68 Å². The fourth-order valence-corrected chi connectivity index (χ4v) is 2.94. The highest BCUT2D eigenvalue weighted by molar-refractivity contribution is 5.76. The predicted molar refractivity (Wildman–Crippen MR) is 84.7 cm³/mol. The van der Waals surface area contributed by atoms with Crippen molar-refractivity contribution in [2.24, 2.45) is 5.92 Å². The van der Waals surface area contributed by atoms with Gasteiger partial charge in [0.1, 0.15) is 5.52 Å². The zero-order valence-corrected chi connectivity index (χ0v) is 13.1. The van der Waals surface area contributed by atoms with E-state index in [2.05, 4.69) is 15.2 Å². The minimum atomic E-state index is -0.158. The zero-order chi connectivity index (χ0) is 16.2. The Bertz CT molecular complexity index is 758. The van der Waals surface area contributed by atoms with Crippen LogP contribution in [0.5, 0.6) is 0 Å². The number of ether oxygens (including phenoxy) is 1. The van der Waals surface area contributed by atoms with Crippen molar-refractivity contribution >= 4 is 16.9 Å². The predicted octanol–water partition coefficient (Wildman–Crippen LogP) is 1.02. The van der Waals surface area contributed by atoms with Gasteiger partial charge in [-0.1, -0.05) is 17.3 Å². The molecular formula is C16H20N4O3. The van der Waals surface area contributed by atoms with Crippen LogP contribution in [0.4, 0.5) is 0 Å². The van der Waals surface area contributed by atoms with Crippen LogP contribution in [-0.2, 0) is 16.2 Å². The fourth-order valence-electron chi connectivity index (χ4n) is 2.94. The van der Waals surface area contributed by atoms with Gasteiger partial charge < -0.3 is 4.74 Å². The lowest BCUT2D eigenvalue weighted by molar-refractivity contribution is -0.150. The number of benzene rings is 1. The molecule has 0 spiro atoms. The number of esters is 1. The van der Waals surface area contributed by atoms with Gasteiger partial charge in [-0.15, -0.1) is 5.10 Å². The zero-order valence-electron chi connectivity index (χ0n) is 13.1. The number of nitrogens with zero attached hydrogens (tertiary/aromatic N) is 4. The number of piperidine rings is 1. The lowest BCUT2D eigenvalue weighted by Gasteiger charge is -2.31. The van der Waals surface area contributed by atoms with Gasteiger partial charge in [-0.25, -0.2) is 0 Å². The number of rotatable bonds is 4. The first-order valence-corrected chi connectivity index (χ1v) is 7.90. The Balaban J connectivity index is 1.75. The second-order valence-corrected chi connectivity index (χ2v) is 5.72. The standard InChI is InChI=1S/C16H20N4O3/c1-2-23-16(22)12-6-5-9-19(10-12)11-20-15(21)13-7-3-4-8-14(13)17-18-20/h3-4,7-8,12H,2,5-6,9-11H2,1H3/t12-/m1/s1. The maximum atomic E-state index is 12.5. The first kappa shape index (κ1) is 15.6. The summed E-state index contributed by atoms with van der Waals surface area (Å²) in [6, 6.07) is 7.16. The summed E-state index contributed by atoms with van der Waals surface area (Å²) >= 11 is 0. The molecule has 7 heteroatoms. The normalized spacial score (nSPS) is 18.9. The van der Waals surface area contributed by atoms with E-state index in [1.165, 1.54) is 4.68 Å². The lowest BCUT2D eigenvalue weighted by Crippen LogP contribution is -2.42. The van der Waals surface area contributed by atoms with Crippen LogP contribution in [-0.4, -0.2) is 45.6 Å². The van der Waals surface area contributed by atoms with E-state index < -0.39 is 0 Å². The van der Waals surface area contributed by atoms with Crippen molar-refractivity contribution in [1.82, 2.24) is 19.9 Å². The fraction of sp³-hybridized carbons (Fsp3) is 0.500. The molecule has 2 aromatic rings. The van der Waals surface area contributed by atoms with Crippen molar-refractivity contribution in [3.63, 3.8) is 0 Å². The van der Waals surface area contributed by atoms with Gasteiger partial charge in [0.15, 0.2) is 0 Å². The third kappa shape index (κ3) is 3.39. The molecule has 2 heterocycles. The van der Waals surface area contributed by atoms with Crippen molar-refractivity contribution in [1.29, 1.82) is 0 Å². The minimum Gasteiger partial charge on any atom is -0.466 e. The molecule has 1 saturated heterocycles. The third-order valence-corrected chi connectivity index (χ3v) is 4.09.